The van der Waals surface area contributed by atoms with Gasteiger partial charge in [-0.15, -0.1) is 11.3 Å². The van der Waals surface area contributed by atoms with E-state index in [-0.39, 0.29) is 18.5 Å². The van der Waals surface area contributed by atoms with Crippen molar-refractivity contribution in [3.05, 3.63) is 57.7 Å². The second kappa shape index (κ2) is 7.48. The predicted molar refractivity (Wildman–Crippen MR) is 111 cm³/mol. The first-order valence-corrected chi connectivity index (χ1v) is 10.6. The first kappa shape index (κ1) is 18.7. The van der Waals surface area contributed by atoms with Crippen LogP contribution in [0.4, 0.5) is 4.39 Å². The molecular weight excluding hydrogens is 415 g/mol. The second-order valence-electron chi connectivity index (χ2n) is 7.14. The number of amides is 1. The molecule has 0 unspecified atom stereocenters. The van der Waals surface area contributed by atoms with Gasteiger partial charge in [0.05, 0.1) is 5.02 Å². The zero-order valence-electron chi connectivity index (χ0n) is 15.5. The number of hydrogen-bond acceptors (Lipinski definition) is 5. The molecule has 0 spiro atoms. The van der Waals surface area contributed by atoms with Crippen molar-refractivity contribution in [2.24, 2.45) is 0 Å². The SMILES string of the molecule is O=C(c1sc2cc(F)ccc2c1Cl)N1CCN(Cc2ccc3c(c2)OCO3)CC1. The lowest BCUT2D eigenvalue weighted by Crippen LogP contribution is -2.48. The van der Waals surface area contributed by atoms with Gasteiger partial charge in [-0.1, -0.05) is 17.7 Å². The normalized spacial score (nSPS) is 16.6. The molecule has 2 aliphatic heterocycles. The van der Waals surface area contributed by atoms with Gasteiger partial charge in [0.15, 0.2) is 11.5 Å². The minimum absolute atomic E-state index is 0.0839. The number of rotatable bonds is 3. The molecule has 0 saturated carbocycles. The summed E-state index contributed by atoms with van der Waals surface area (Å²) in [6, 6.07) is 10.4. The van der Waals surface area contributed by atoms with Gasteiger partial charge < -0.3 is 14.4 Å². The van der Waals surface area contributed by atoms with Crippen molar-refractivity contribution in [3.63, 3.8) is 0 Å². The van der Waals surface area contributed by atoms with Crippen LogP contribution < -0.4 is 9.47 Å². The first-order valence-electron chi connectivity index (χ1n) is 9.36. The van der Waals surface area contributed by atoms with Gasteiger partial charge in [0.25, 0.3) is 5.91 Å². The first-order chi connectivity index (χ1) is 14.1. The number of carbonyl (C=O) groups excluding carboxylic acids is 1. The molecule has 0 atom stereocenters. The number of hydrogen-bond donors (Lipinski definition) is 0. The van der Waals surface area contributed by atoms with Crippen LogP contribution in [0, 0.1) is 5.82 Å². The molecule has 3 aromatic rings. The summed E-state index contributed by atoms with van der Waals surface area (Å²) in [5, 5.41) is 1.14. The highest BCUT2D eigenvalue weighted by molar-refractivity contribution is 7.21. The Kier molecular flexibility index (Phi) is 4.81. The van der Waals surface area contributed by atoms with Gasteiger partial charge in [0.1, 0.15) is 10.7 Å². The molecule has 29 heavy (non-hydrogen) atoms. The van der Waals surface area contributed by atoms with Gasteiger partial charge in [-0.3, -0.25) is 9.69 Å². The van der Waals surface area contributed by atoms with Crippen molar-refractivity contribution in [3.8, 4) is 11.5 Å². The highest BCUT2D eigenvalue weighted by atomic mass is 35.5. The van der Waals surface area contributed by atoms with Crippen LogP contribution in [-0.2, 0) is 6.54 Å². The maximum atomic E-state index is 13.5. The average molecular weight is 433 g/mol. The summed E-state index contributed by atoms with van der Waals surface area (Å²) in [7, 11) is 0. The lowest BCUT2D eigenvalue weighted by atomic mass is 10.1. The second-order valence-corrected chi connectivity index (χ2v) is 8.57. The van der Waals surface area contributed by atoms with E-state index < -0.39 is 0 Å². The number of thiophene rings is 1. The Hall–Kier alpha value is -2.35. The maximum Gasteiger partial charge on any atom is 0.265 e. The highest BCUT2D eigenvalue weighted by Crippen LogP contribution is 2.37. The molecule has 5 rings (SSSR count). The predicted octanol–water partition coefficient (Wildman–Crippen LogP) is 4.38. The number of nitrogens with zero attached hydrogens (tertiary/aromatic N) is 2. The van der Waals surface area contributed by atoms with Crippen molar-refractivity contribution in [1.82, 2.24) is 9.80 Å². The smallest absolute Gasteiger partial charge is 0.265 e. The molecule has 1 fully saturated rings. The van der Waals surface area contributed by atoms with Gasteiger partial charge in [-0.2, -0.15) is 0 Å². The molecule has 8 heteroatoms. The molecule has 1 aromatic heterocycles. The summed E-state index contributed by atoms with van der Waals surface area (Å²) in [6.07, 6.45) is 0. The fourth-order valence-corrected chi connectivity index (χ4v) is 5.23. The van der Waals surface area contributed by atoms with Gasteiger partial charge >= 0.3 is 0 Å². The Bertz CT molecular complexity index is 1090. The third kappa shape index (κ3) is 3.54. The molecule has 5 nitrogen and oxygen atoms in total. The molecule has 3 heterocycles. The monoisotopic (exact) mass is 432 g/mol. The van der Waals surface area contributed by atoms with E-state index in [1.54, 1.807) is 6.07 Å². The van der Waals surface area contributed by atoms with Gasteiger partial charge in [0.2, 0.25) is 6.79 Å². The van der Waals surface area contributed by atoms with E-state index in [0.717, 1.165) is 42.1 Å². The molecule has 0 radical (unpaired) electrons. The van der Waals surface area contributed by atoms with Crippen LogP contribution in [0.25, 0.3) is 10.1 Å². The molecule has 2 aromatic carbocycles. The van der Waals surface area contributed by atoms with Gasteiger partial charge in [-0.25, -0.2) is 4.39 Å². The summed E-state index contributed by atoms with van der Waals surface area (Å²) in [5.74, 6) is 1.15. The van der Waals surface area contributed by atoms with Crippen molar-refractivity contribution in [2.45, 2.75) is 6.54 Å². The standard InChI is InChI=1S/C21H18ClFN2O3S/c22-19-15-3-2-14(23)10-18(15)29-20(19)21(26)25-7-5-24(6-8-25)11-13-1-4-16-17(9-13)28-12-27-16/h1-4,9-10H,5-8,11-12H2. The van der Waals surface area contributed by atoms with E-state index in [1.807, 2.05) is 23.1 Å². The fraction of sp³-hybridized carbons (Fsp3) is 0.286. The van der Waals surface area contributed by atoms with E-state index in [4.69, 9.17) is 21.1 Å². The average Bonchev–Trinajstić information content (AvgIpc) is 3.32. The summed E-state index contributed by atoms with van der Waals surface area (Å²) >= 11 is 7.67. The minimum Gasteiger partial charge on any atom is -0.454 e. The Labute approximate surface area is 176 Å². The lowest BCUT2D eigenvalue weighted by Gasteiger charge is -2.34. The Morgan fingerprint density at radius 1 is 1.07 bits per heavy atom. The van der Waals surface area contributed by atoms with E-state index in [2.05, 4.69) is 4.90 Å². The minimum atomic E-state index is -0.327. The summed E-state index contributed by atoms with van der Waals surface area (Å²) in [6.45, 7) is 3.87. The molecule has 150 valence electrons. The number of ether oxygens (including phenoxy) is 2. The molecule has 0 N–H and O–H groups in total. The van der Waals surface area contributed by atoms with E-state index in [0.29, 0.717) is 27.7 Å². The number of benzene rings is 2. The molecule has 1 amide bonds. The number of piperazine rings is 1. The zero-order chi connectivity index (χ0) is 20.0. The Morgan fingerprint density at radius 3 is 2.69 bits per heavy atom. The zero-order valence-corrected chi connectivity index (χ0v) is 17.1. The lowest BCUT2D eigenvalue weighted by molar-refractivity contribution is 0.0633. The maximum absolute atomic E-state index is 13.5. The van der Waals surface area contributed by atoms with E-state index in [1.165, 1.54) is 23.5 Å². The van der Waals surface area contributed by atoms with Crippen molar-refractivity contribution >= 4 is 38.9 Å². The fourth-order valence-electron chi connectivity index (χ4n) is 3.73. The summed E-state index contributed by atoms with van der Waals surface area (Å²) in [4.78, 5) is 17.6. The molecule has 2 aliphatic rings. The van der Waals surface area contributed by atoms with Crippen molar-refractivity contribution in [1.29, 1.82) is 0 Å². The van der Waals surface area contributed by atoms with Crippen LogP contribution in [0.15, 0.2) is 36.4 Å². The van der Waals surface area contributed by atoms with Crippen LogP contribution in [0.5, 0.6) is 11.5 Å². The van der Waals surface area contributed by atoms with Crippen LogP contribution in [-0.4, -0.2) is 48.7 Å². The summed E-state index contributed by atoms with van der Waals surface area (Å²) in [5.41, 5.74) is 1.16. The molecule has 0 bridgehead atoms. The largest absolute Gasteiger partial charge is 0.454 e. The van der Waals surface area contributed by atoms with Crippen LogP contribution in [0.3, 0.4) is 0 Å². The van der Waals surface area contributed by atoms with Crippen molar-refractivity contribution in [2.75, 3.05) is 33.0 Å². The summed E-state index contributed by atoms with van der Waals surface area (Å²) < 4.78 is 25.0. The molecule has 1 saturated heterocycles. The number of halogens is 2. The van der Waals surface area contributed by atoms with Gasteiger partial charge in [0, 0.05) is 42.8 Å². The van der Waals surface area contributed by atoms with Crippen molar-refractivity contribution < 1.29 is 18.7 Å². The van der Waals surface area contributed by atoms with Crippen LogP contribution in [0.1, 0.15) is 15.2 Å². The topological polar surface area (TPSA) is 42.0 Å². The molecule has 0 aliphatic carbocycles. The third-order valence-electron chi connectivity index (χ3n) is 5.29. The van der Waals surface area contributed by atoms with Gasteiger partial charge in [-0.05, 0) is 35.9 Å². The van der Waals surface area contributed by atoms with E-state index >= 15 is 0 Å². The third-order valence-corrected chi connectivity index (χ3v) is 6.93. The van der Waals surface area contributed by atoms with E-state index in [9.17, 15) is 9.18 Å². The number of fused-ring (bicyclic) bond motifs is 2. The Morgan fingerprint density at radius 2 is 1.86 bits per heavy atom. The Balaban J connectivity index is 1.25. The van der Waals surface area contributed by atoms with Crippen LogP contribution in [0.2, 0.25) is 5.02 Å². The highest BCUT2D eigenvalue weighted by Gasteiger charge is 2.26. The van der Waals surface area contributed by atoms with Crippen LogP contribution >= 0.6 is 22.9 Å². The number of carbonyl (C=O) groups is 1. The quantitative estimate of drug-likeness (QED) is 0.616. The molecular formula is C21H18ClFN2O3S.